The Balaban J connectivity index is 3.01. The van der Waals surface area contributed by atoms with Crippen LogP contribution in [0.2, 0.25) is 0 Å². The van der Waals surface area contributed by atoms with Crippen molar-refractivity contribution in [3.8, 4) is 0 Å². The van der Waals surface area contributed by atoms with Gasteiger partial charge in [-0.25, -0.2) is 13.2 Å². The van der Waals surface area contributed by atoms with Crippen molar-refractivity contribution in [2.24, 2.45) is 5.73 Å². The SMILES string of the molecule is Cc1[nH]nc(C(=O)O)c1S(=O)(=O)NOCC(N)=O. The molecule has 0 unspecified atom stereocenters. The highest BCUT2D eigenvalue weighted by atomic mass is 32.2. The molecule has 0 aliphatic heterocycles. The van der Waals surface area contributed by atoms with Gasteiger partial charge in [-0.3, -0.25) is 14.7 Å². The Labute approximate surface area is 101 Å². The van der Waals surface area contributed by atoms with Gasteiger partial charge in [-0.2, -0.15) is 5.10 Å². The number of H-pyrrole nitrogens is 1. The van der Waals surface area contributed by atoms with Gasteiger partial charge in [0.2, 0.25) is 5.91 Å². The molecule has 1 aromatic rings. The van der Waals surface area contributed by atoms with E-state index in [2.05, 4.69) is 15.0 Å². The Morgan fingerprint density at radius 3 is 2.67 bits per heavy atom. The highest BCUT2D eigenvalue weighted by Crippen LogP contribution is 2.17. The first kappa shape index (κ1) is 14.1. The second kappa shape index (κ2) is 5.12. The number of aromatic amines is 1. The topological polar surface area (TPSA) is 164 Å². The normalized spacial score (nSPS) is 11.4. The summed E-state index contributed by atoms with van der Waals surface area (Å²) in [5.74, 6) is -2.41. The van der Waals surface area contributed by atoms with E-state index in [9.17, 15) is 18.0 Å². The number of carboxylic acids is 1. The molecule has 0 atom stereocenters. The zero-order chi connectivity index (χ0) is 13.9. The molecule has 0 saturated heterocycles. The van der Waals surface area contributed by atoms with E-state index in [4.69, 9.17) is 10.8 Å². The molecule has 5 N–H and O–H groups in total. The molecular weight excluding hydrogens is 268 g/mol. The van der Waals surface area contributed by atoms with Gasteiger partial charge in [-0.1, -0.05) is 4.89 Å². The maximum atomic E-state index is 11.7. The van der Waals surface area contributed by atoms with Crippen molar-refractivity contribution >= 4 is 21.9 Å². The van der Waals surface area contributed by atoms with E-state index < -0.39 is 39.1 Å². The number of aromatic nitrogens is 2. The van der Waals surface area contributed by atoms with E-state index in [1.54, 1.807) is 4.89 Å². The predicted molar refractivity (Wildman–Crippen MR) is 55.8 cm³/mol. The lowest BCUT2D eigenvalue weighted by Crippen LogP contribution is -2.30. The minimum absolute atomic E-state index is 0.0163. The quantitative estimate of drug-likeness (QED) is 0.441. The molecule has 0 aromatic carbocycles. The number of carboxylic acid groups (broad SMARTS) is 1. The Morgan fingerprint density at radius 2 is 2.17 bits per heavy atom. The largest absolute Gasteiger partial charge is 0.476 e. The Hall–Kier alpha value is -1.98. The molecule has 0 bridgehead atoms. The number of amides is 1. The van der Waals surface area contributed by atoms with Gasteiger partial charge < -0.3 is 10.8 Å². The van der Waals surface area contributed by atoms with E-state index in [0.29, 0.717) is 0 Å². The molecule has 0 aliphatic rings. The number of primary amides is 1. The molecule has 0 fully saturated rings. The van der Waals surface area contributed by atoms with E-state index >= 15 is 0 Å². The summed E-state index contributed by atoms with van der Waals surface area (Å²) in [6.07, 6.45) is 0. The lowest BCUT2D eigenvalue weighted by atomic mass is 10.4. The molecule has 0 spiro atoms. The van der Waals surface area contributed by atoms with Crippen molar-refractivity contribution in [2.45, 2.75) is 11.8 Å². The summed E-state index contributed by atoms with van der Waals surface area (Å²) in [7, 11) is -4.27. The first-order valence-corrected chi connectivity index (χ1v) is 5.94. The number of carbonyl (C=O) groups is 2. The Morgan fingerprint density at radius 1 is 1.56 bits per heavy atom. The summed E-state index contributed by atoms with van der Waals surface area (Å²) in [6, 6.07) is 0. The van der Waals surface area contributed by atoms with Gasteiger partial charge in [0.05, 0.1) is 5.69 Å². The van der Waals surface area contributed by atoms with Crippen LogP contribution in [0.5, 0.6) is 0 Å². The first-order valence-electron chi connectivity index (χ1n) is 4.46. The predicted octanol–water partition coefficient (Wildman–Crippen LogP) is -1.89. The van der Waals surface area contributed by atoms with E-state index in [1.807, 2.05) is 0 Å². The monoisotopic (exact) mass is 278 g/mol. The number of nitrogens with two attached hydrogens (primary N) is 1. The fourth-order valence-electron chi connectivity index (χ4n) is 1.11. The smallest absolute Gasteiger partial charge is 0.357 e. The van der Waals surface area contributed by atoms with Crippen LogP contribution in [0, 0.1) is 6.92 Å². The minimum Gasteiger partial charge on any atom is -0.476 e. The van der Waals surface area contributed by atoms with Gasteiger partial charge in [-0.15, -0.1) is 0 Å². The van der Waals surface area contributed by atoms with Gasteiger partial charge in [0.1, 0.15) is 11.5 Å². The van der Waals surface area contributed by atoms with Crippen molar-refractivity contribution in [1.82, 2.24) is 15.1 Å². The van der Waals surface area contributed by atoms with Crippen LogP contribution in [0.3, 0.4) is 0 Å². The van der Waals surface area contributed by atoms with Gasteiger partial charge >= 0.3 is 5.97 Å². The van der Waals surface area contributed by atoms with Crippen LogP contribution in [0.4, 0.5) is 0 Å². The summed E-state index contributed by atoms with van der Waals surface area (Å²) < 4.78 is 23.4. The number of nitrogens with zero attached hydrogens (tertiary/aromatic N) is 1. The highest BCUT2D eigenvalue weighted by Gasteiger charge is 2.28. The van der Waals surface area contributed by atoms with Crippen molar-refractivity contribution < 1.29 is 28.0 Å². The van der Waals surface area contributed by atoms with Crippen LogP contribution in [-0.4, -0.2) is 42.2 Å². The number of nitrogens with one attached hydrogen (secondary N) is 2. The summed E-state index contributed by atoms with van der Waals surface area (Å²) in [5.41, 5.74) is 4.08. The molecule has 10 nitrogen and oxygen atoms in total. The van der Waals surface area contributed by atoms with Crippen molar-refractivity contribution in [2.75, 3.05) is 6.61 Å². The summed E-state index contributed by atoms with van der Waals surface area (Å²) >= 11 is 0. The number of sulfonamides is 1. The third kappa shape index (κ3) is 3.03. The van der Waals surface area contributed by atoms with Gasteiger partial charge in [0, 0.05) is 0 Å². The lowest BCUT2D eigenvalue weighted by Gasteiger charge is -2.05. The van der Waals surface area contributed by atoms with Crippen LogP contribution in [0.1, 0.15) is 16.2 Å². The molecule has 0 radical (unpaired) electrons. The summed E-state index contributed by atoms with van der Waals surface area (Å²) in [4.78, 5) is 26.5. The average molecular weight is 278 g/mol. The fourth-order valence-corrected chi connectivity index (χ4v) is 2.25. The number of aryl methyl sites for hydroxylation is 1. The van der Waals surface area contributed by atoms with Gasteiger partial charge in [0.15, 0.2) is 5.69 Å². The molecule has 0 aliphatic carbocycles. The first-order chi connectivity index (χ1) is 8.25. The summed E-state index contributed by atoms with van der Waals surface area (Å²) in [6.45, 7) is 0.640. The number of rotatable bonds is 6. The Kier molecular flexibility index (Phi) is 4.00. The van der Waals surface area contributed by atoms with Crippen molar-refractivity contribution in [3.05, 3.63) is 11.4 Å². The maximum absolute atomic E-state index is 11.7. The molecule has 18 heavy (non-hydrogen) atoms. The van der Waals surface area contributed by atoms with Crippen molar-refractivity contribution in [1.29, 1.82) is 0 Å². The highest BCUT2D eigenvalue weighted by molar-refractivity contribution is 7.89. The molecule has 1 amide bonds. The molecule has 100 valence electrons. The third-order valence-corrected chi connectivity index (χ3v) is 3.12. The Bertz CT molecular complexity index is 577. The fraction of sp³-hybridized carbons (Fsp3) is 0.286. The van der Waals surface area contributed by atoms with Gasteiger partial charge in [-0.05, 0) is 6.92 Å². The zero-order valence-corrected chi connectivity index (χ0v) is 9.94. The average Bonchev–Trinajstić information content (AvgIpc) is 2.59. The van der Waals surface area contributed by atoms with E-state index in [0.717, 1.165) is 0 Å². The maximum Gasteiger partial charge on any atom is 0.357 e. The standard InChI is InChI=1S/C7H10N4O6S/c1-3-6(5(7(13)14)10-9-3)18(15,16)11-17-2-4(8)12/h11H,2H2,1H3,(H2,8,12)(H,9,10)(H,13,14). The lowest BCUT2D eigenvalue weighted by molar-refractivity contribution is -0.123. The molecule has 11 heteroatoms. The molecular formula is C7H10N4O6S. The molecule has 1 heterocycles. The second-order valence-electron chi connectivity index (χ2n) is 3.17. The van der Waals surface area contributed by atoms with Crippen LogP contribution < -0.4 is 10.6 Å². The number of hydrogen-bond acceptors (Lipinski definition) is 6. The van der Waals surface area contributed by atoms with Crippen LogP contribution in [0.25, 0.3) is 0 Å². The van der Waals surface area contributed by atoms with E-state index in [1.165, 1.54) is 6.92 Å². The zero-order valence-electron chi connectivity index (χ0n) is 9.13. The van der Waals surface area contributed by atoms with Crippen LogP contribution in [-0.2, 0) is 19.7 Å². The summed E-state index contributed by atoms with van der Waals surface area (Å²) in [5, 5.41) is 14.3. The number of hydrogen-bond donors (Lipinski definition) is 4. The number of carbonyl (C=O) groups excluding carboxylic acids is 1. The minimum atomic E-state index is -4.27. The molecule has 1 aromatic heterocycles. The number of aromatic carboxylic acids is 1. The van der Waals surface area contributed by atoms with Crippen LogP contribution in [0.15, 0.2) is 4.90 Å². The second-order valence-corrected chi connectivity index (χ2v) is 4.76. The molecule has 0 saturated carbocycles. The van der Waals surface area contributed by atoms with E-state index in [-0.39, 0.29) is 5.69 Å². The van der Waals surface area contributed by atoms with Crippen LogP contribution >= 0.6 is 0 Å². The van der Waals surface area contributed by atoms with Crippen molar-refractivity contribution in [3.63, 3.8) is 0 Å². The van der Waals surface area contributed by atoms with Gasteiger partial charge in [0.25, 0.3) is 10.0 Å². The molecule has 1 rings (SSSR count). The third-order valence-electron chi connectivity index (χ3n) is 1.75.